The van der Waals surface area contributed by atoms with Gasteiger partial charge in [-0.3, -0.25) is 9.59 Å². The number of piperidine rings is 1. The minimum atomic E-state index is -3.75. The summed E-state index contributed by atoms with van der Waals surface area (Å²) in [5.41, 5.74) is 4.95. The minimum Gasteiger partial charge on any atom is -0.468 e. The number of nitrogens with zero attached hydrogens (tertiary/aromatic N) is 2. The van der Waals surface area contributed by atoms with Crippen molar-refractivity contribution in [1.29, 1.82) is 0 Å². The van der Waals surface area contributed by atoms with Crippen molar-refractivity contribution in [3.05, 3.63) is 35.9 Å². The third-order valence-electron chi connectivity index (χ3n) is 5.34. The molecular weight excluding hydrogens is 426 g/mol. The van der Waals surface area contributed by atoms with Crippen LogP contribution in [0, 0.1) is 5.92 Å². The van der Waals surface area contributed by atoms with Crippen LogP contribution in [0.3, 0.4) is 0 Å². The van der Waals surface area contributed by atoms with Crippen LogP contribution in [-0.2, 0) is 34.8 Å². The Balaban J connectivity index is 2.09. The first-order chi connectivity index (χ1) is 14.7. The summed E-state index contributed by atoms with van der Waals surface area (Å²) >= 11 is 0. The zero-order chi connectivity index (χ0) is 22.6. The molecule has 0 radical (unpaired) electrons. The van der Waals surface area contributed by atoms with Crippen LogP contribution < -0.4 is 15.8 Å². The quantitative estimate of drug-likeness (QED) is 0.427. The average molecular weight is 454 g/mol. The number of primary amides is 1. The summed E-state index contributed by atoms with van der Waals surface area (Å²) in [6, 6.07) is 7.90. The van der Waals surface area contributed by atoms with Gasteiger partial charge in [0, 0.05) is 11.5 Å². The highest BCUT2D eigenvalue weighted by Gasteiger charge is 2.54. The summed E-state index contributed by atoms with van der Waals surface area (Å²) in [6.45, 7) is 1.23. The van der Waals surface area contributed by atoms with E-state index in [0.717, 1.165) is 26.5 Å². The van der Waals surface area contributed by atoms with Crippen molar-refractivity contribution < 1.29 is 27.5 Å². The van der Waals surface area contributed by atoms with Crippen molar-refractivity contribution in [1.82, 2.24) is 15.0 Å². The van der Waals surface area contributed by atoms with Gasteiger partial charge in [0.15, 0.2) is 0 Å². The van der Waals surface area contributed by atoms with Gasteiger partial charge in [0.2, 0.25) is 15.7 Å². The van der Waals surface area contributed by atoms with Crippen molar-refractivity contribution in [3.8, 4) is 0 Å². The Morgan fingerprint density at radius 2 is 2.00 bits per heavy atom. The van der Waals surface area contributed by atoms with Gasteiger partial charge in [-0.1, -0.05) is 30.3 Å². The number of esters is 1. The molecule has 4 N–H and O–H groups in total. The molecule has 2 atom stereocenters. The van der Waals surface area contributed by atoms with Crippen molar-refractivity contribution >= 4 is 27.8 Å². The third-order valence-corrected chi connectivity index (χ3v) is 6.05. The van der Waals surface area contributed by atoms with Crippen LogP contribution in [-0.4, -0.2) is 70.2 Å². The third kappa shape index (κ3) is 4.97. The molecule has 2 aliphatic heterocycles. The van der Waals surface area contributed by atoms with Crippen molar-refractivity contribution in [2.24, 2.45) is 16.8 Å². The zero-order valence-corrected chi connectivity index (χ0v) is 18.2. The second-order valence-corrected chi connectivity index (χ2v) is 9.29. The van der Waals surface area contributed by atoms with E-state index in [1.807, 2.05) is 30.3 Å². The lowest BCUT2D eigenvalue weighted by Crippen LogP contribution is -2.56. The second kappa shape index (κ2) is 9.20. The first kappa shape index (κ1) is 23.0. The van der Waals surface area contributed by atoms with Gasteiger partial charge in [-0.15, -0.1) is 5.10 Å². The van der Waals surface area contributed by atoms with Gasteiger partial charge in [0.1, 0.15) is 6.04 Å². The maximum atomic E-state index is 12.3. The fraction of sp³-hybridized carbons (Fsp3) is 0.526. The normalized spacial score (nSPS) is 23.0. The highest BCUT2D eigenvalue weighted by molar-refractivity contribution is 7.88. The Morgan fingerprint density at radius 1 is 1.35 bits per heavy atom. The Kier molecular flexibility index (Phi) is 6.82. The highest BCUT2D eigenvalue weighted by Crippen LogP contribution is 2.45. The zero-order valence-electron chi connectivity index (χ0n) is 17.4. The van der Waals surface area contributed by atoms with E-state index < -0.39 is 33.7 Å². The fourth-order valence-corrected chi connectivity index (χ4v) is 4.73. The molecule has 0 bridgehead atoms. The molecule has 2 aliphatic rings. The van der Waals surface area contributed by atoms with Gasteiger partial charge >= 0.3 is 11.9 Å². The van der Waals surface area contributed by atoms with E-state index in [9.17, 15) is 18.0 Å². The van der Waals surface area contributed by atoms with Crippen molar-refractivity contribution in [2.75, 3.05) is 33.0 Å². The van der Waals surface area contributed by atoms with Gasteiger partial charge in [-0.05, 0) is 25.9 Å². The molecule has 2 heterocycles. The molecule has 1 aromatic carbocycles. The number of nitrogens with two attached hydrogens (primary N) is 1. The number of benzene rings is 1. The number of rotatable bonds is 8. The number of amides is 1. The Hall–Kier alpha value is -2.70. The molecule has 1 saturated heterocycles. The molecule has 12 heteroatoms. The van der Waals surface area contributed by atoms with E-state index in [4.69, 9.17) is 15.2 Å². The number of carbonyl (C=O) groups is 2. The molecule has 0 aliphatic carbocycles. The number of hydrogen-bond acceptors (Lipinski definition) is 9. The van der Waals surface area contributed by atoms with E-state index in [2.05, 4.69) is 15.1 Å². The van der Waals surface area contributed by atoms with Gasteiger partial charge in [0.25, 0.3) is 5.90 Å². The lowest BCUT2D eigenvalue weighted by Gasteiger charge is -2.44. The SMILES string of the molecule is COC(=O)C(CN1N=C(C(N)=O)OC1(c1ccccc1)C1CCNCC1)NS(C)(=O)=O. The van der Waals surface area contributed by atoms with E-state index in [1.165, 1.54) is 5.01 Å². The van der Waals surface area contributed by atoms with E-state index in [0.29, 0.717) is 18.4 Å². The summed E-state index contributed by atoms with van der Waals surface area (Å²) < 4.78 is 36.9. The van der Waals surface area contributed by atoms with Crippen LogP contribution in [0.1, 0.15) is 18.4 Å². The number of ether oxygens (including phenoxy) is 2. The Labute approximate surface area is 181 Å². The topological polar surface area (TPSA) is 152 Å². The maximum absolute atomic E-state index is 12.3. The van der Waals surface area contributed by atoms with Crippen LogP contribution in [0.25, 0.3) is 0 Å². The fourth-order valence-electron chi connectivity index (χ4n) is 4.04. The molecule has 31 heavy (non-hydrogen) atoms. The molecule has 3 rings (SSSR count). The number of nitrogens with one attached hydrogen (secondary N) is 2. The van der Waals surface area contributed by atoms with E-state index in [-0.39, 0.29) is 18.4 Å². The number of sulfonamides is 1. The summed E-state index contributed by atoms with van der Waals surface area (Å²) in [4.78, 5) is 24.3. The van der Waals surface area contributed by atoms with Crippen LogP contribution >= 0.6 is 0 Å². The van der Waals surface area contributed by atoms with Crippen LogP contribution in [0.4, 0.5) is 0 Å². The molecule has 1 amide bonds. The summed E-state index contributed by atoms with van der Waals surface area (Å²) in [5, 5.41) is 9.00. The molecule has 170 valence electrons. The van der Waals surface area contributed by atoms with Crippen molar-refractivity contribution in [2.45, 2.75) is 24.6 Å². The summed E-state index contributed by atoms with van der Waals surface area (Å²) in [7, 11) is -2.58. The number of methoxy groups -OCH3 is 1. The lowest BCUT2D eigenvalue weighted by atomic mass is 9.81. The second-order valence-electron chi connectivity index (χ2n) is 7.51. The molecule has 0 saturated carbocycles. The van der Waals surface area contributed by atoms with Gasteiger partial charge in [0.05, 0.1) is 19.9 Å². The van der Waals surface area contributed by atoms with Crippen molar-refractivity contribution in [3.63, 3.8) is 0 Å². The maximum Gasteiger partial charge on any atom is 0.325 e. The summed E-state index contributed by atoms with van der Waals surface area (Å²) in [5.74, 6) is -2.07. The number of hydrazone groups is 1. The molecule has 2 unspecified atom stereocenters. The largest absolute Gasteiger partial charge is 0.468 e. The van der Waals surface area contributed by atoms with Gasteiger partial charge in [-0.25, -0.2) is 13.4 Å². The van der Waals surface area contributed by atoms with Crippen LogP contribution in [0.15, 0.2) is 35.4 Å². The molecule has 0 aromatic heterocycles. The predicted octanol–water partition coefficient (Wildman–Crippen LogP) is -0.939. The standard InChI is InChI=1S/C19H27N5O6S/c1-29-18(26)15(23-31(2,27)28)12-24-19(13-6-4-3-5-7-13,14-8-10-21-11-9-14)30-17(22-24)16(20)25/h3-7,14-15,21,23H,8-12H2,1-2H3,(H2,20,25). The lowest BCUT2D eigenvalue weighted by molar-refractivity contribution is -0.151. The number of carbonyl (C=O) groups excluding carboxylic acids is 2. The molecule has 1 fully saturated rings. The number of hydrogen-bond donors (Lipinski definition) is 3. The smallest absolute Gasteiger partial charge is 0.325 e. The minimum absolute atomic E-state index is 0.117. The van der Waals surface area contributed by atoms with Gasteiger partial charge in [-0.2, -0.15) is 4.72 Å². The Morgan fingerprint density at radius 3 is 2.55 bits per heavy atom. The van der Waals surface area contributed by atoms with Gasteiger partial charge < -0.3 is 20.5 Å². The summed E-state index contributed by atoms with van der Waals surface area (Å²) in [6.07, 6.45) is 2.35. The molecule has 1 aromatic rings. The average Bonchev–Trinajstić information content (AvgIpc) is 3.13. The van der Waals surface area contributed by atoms with E-state index in [1.54, 1.807) is 0 Å². The van der Waals surface area contributed by atoms with E-state index >= 15 is 0 Å². The molecule has 0 spiro atoms. The first-order valence-corrected chi connectivity index (χ1v) is 11.7. The molecule has 11 nitrogen and oxygen atoms in total. The monoisotopic (exact) mass is 453 g/mol. The first-order valence-electron chi connectivity index (χ1n) is 9.84. The van der Waals surface area contributed by atoms with Crippen LogP contribution in [0.2, 0.25) is 0 Å². The molecular formula is C19H27N5O6S. The van der Waals surface area contributed by atoms with Crippen LogP contribution in [0.5, 0.6) is 0 Å². The predicted molar refractivity (Wildman–Crippen MR) is 112 cm³/mol. The highest BCUT2D eigenvalue weighted by atomic mass is 32.2. The Bertz CT molecular complexity index is 948.